The molecule has 0 radical (unpaired) electrons. The molecular weight excluding hydrogens is 416 g/mol. The second-order valence-electron chi connectivity index (χ2n) is 7.54. The molecule has 0 spiro atoms. The van der Waals surface area contributed by atoms with Gasteiger partial charge in [0.15, 0.2) is 0 Å². The van der Waals surface area contributed by atoms with Crippen molar-refractivity contribution in [2.45, 2.75) is 0 Å². The molecule has 5 heteroatoms. The van der Waals surface area contributed by atoms with Crippen molar-refractivity contribution in [3.63, 3.8) is 0 Å². The van der Waals surface area contributed by atoms with E-state index in [0.29, 0.717) is 0 Å². The lowest BCUT2D eigenvalue weighted by Gasteiger charge is -2.41. The number of hydrogen-bond donors (Lipinski definition) is 2. The minimum Gasteiger partial charge on any atom is -0.439 e. The van der Waals surface area contributed by atoms with Gasteiger partial charge in [-0.2, -0.15) is 0 Å². The zero-order valence-corrected chi connectivity index (χ0v) is 19.3. The fraction of sp³-hybridized carbons (Fsp3) is 0.0769. The van der Waals surface area contributed by atoms with Gasteiger partial charge in [0, 0.05) is 0 Å². The number of aliphatic hydroxyl groups excluding tert-OH is 2. The third-order valence-corrected chi connectivity index (χ3v) is 14.5. The van der Waals surface area contributed by atoms with Gasteiger partial charge in [-0.1, -0.05) is 121 Å². The van der Waals surface area contributed by atoms with Crippen LogP contribution in [0.1, 0.15) is 0 Å². The van der Waals surface area contributed by atoms with Crippen molar-refractivity contribution in [2.75, 3.05) is 12.5 Å². The van der Waals surface area contributed by atoms with E-state index < -0.39 is 16.6 Å². The van der Waals surface area contributed by atoms with Crippen LogP contribution in [0.3, 0.4) is 0 Å². The Morgan fingerprint density at radius 1 is 0.419 bits per heavy atom. The predicted octanol–water partition coefficient (Wildman–Crippen LogP) is 1.59. The summed E-state index contributed by atoms with van der Waals surface area (Å²) in [5.74, 6) is 0. The van der Waals surface area contributed by atoms with Gasteiger partial charge >= 0.3 is 0 Å². The SMILES string of the molecule is OC[Si](O[Si](CO)(c1ccccc1)c1ccccc1)(c1ccccc1)c1ccccc1. The van der Waals surface area contributed by atoms with Crippen LogP contribution in [0.2, 0.25) is 0 Å². The van der Waals surface area contributed by atoms with Crippen molar-refractivity contribution < 1.29 is 14.3 Å². The monoisotopic (exact) mass is 442 g/mol. The molecule has 0 bridgehead atoms. The van der Waals surface area contributed by atoms with Gasteiger partial charge < -0.3 is 14.3 Å². The van der Waals surface area contributed by atoms with Crippen molar-refractivity contribution >= 4 is 37.4 Å². The molecule has 0 amide bonds. The molecule has 0 saturated heterocycles. The van der Waals surface area contributed by atoms with E-state index in [1.807, 2.05) is 121 Å². The molecule has 0 atom stereocenters. The van der Waals surface area contributed by atoms with E-state index in [1.165, 1.54) is 0 Å². The first-order valence-electron chi connectivity index (χ1n) is 10.4. The Morgan fingerprint density at radius 3 is 0.839 bits per heavy atom. The molecule has 0 aromatic heterocycles. The van der Waals surface area contributed by atoms with E-state index in [-0.39, 0.29) is 12.5 Å². The molecule has 0 fully saturated rings. The Balaban J connectivity index is 1.98. The van der Waals surface area contributed by atoms with Crippen molar-refractivity contribution in [3.05, 3.63) is 121 Å². The molecule has 0 heterocycles. The summed E-state index contributed by atoms with van der Waals surface area (Å²) in [6.45, 7) is 0. The van der Waals surface area contributed by atoms with E-state index in [9.17, 15) is 10.2 Å². The van der Waals surface area contributed by atoms with Crippen LogP contribution in [-0.4, -0.2) is 39.3 Å². The maximum absolute atomic E-state index is 10.9. The average molecular weight is 443 g/mol. The largest absolute Gasteiger partial charge is 0.439 e. The lowest BCUT2D eigenvalue weighted by Crippen LogP contribution is -2.76. The van der Waals surface area contributed by atoms with Gasteiger partial charge in [0.2, 0.25) is 0 Å². The lowest BCUT2D eigenvalue weighted by molar-refractivity contribution is 0.319. The number of rotatable bonds is 8. The molecule has 2 N–H and O–H groups in total. The van der Waals surface area contributed by atoms with Gasteiger partial charge in [-0.3, -0.25) is 0 Å². The van der Waals surface area contributed by atoms with Crippen LogP contribution in [0.5, 0.6) is 0 Å². The lowest BCUT2D eigenvalue weighted by atomic mass is 10.4. The predicted molar refractivity (Wildman–Crippen MR) is 131 cm³/mol. The molecular formula is C26H26O3Si2. The summed E-state index contributed by atoms with van der Waals surface area (Å²) in [7, 11) is -6.17. The first kappa shape index (κ1) is 21.4. The Morgan fingerprint density at radius 2 is 0.645 bits per heavy atom. The highest BCUT2D eigenvalue weighted by atomic mass is 28.4. The number of aliphatic hydroxyl groups is 2. The highest BCUT2D eigenvalue weighted by Crippen LogP contribution is 2.17. The number of benzene rings is 4. The van der Waals surface area contributed by atoms with Crippen LogP contribution in [0.4, 0.5) is 0 Å². The fourth-order valence-corrected chi connectivity index (χ4v) is 13.2. The molecule has 3 nitrogen and oxygen atoms in total. The van der Waals surface area contributed by atoms with Crippen LogP contribution in [-0.2, 0) is 4.12 Å². The summed E-state index contributed by atoms with van der Waals surface area (Å²) < 4.78 is 7.25. The van der Waals surface area contributed by atoms with E-state index in [1.54, 1.807) is 0 Å². The average Bonchev–Trinajstić information content (AvgIpc) is 2.87. The summed E-state index contributed by atoms with van der Waals surface area (Å²) in [6.07, 6.45) is -0.231. The van der Waals surface area contributed by atoms with E-state index >= 15 is 0 Å². The summed E-state index contributed by atoms with van der Waals surface area (Å²) in [5.41, 5.74) is 0. The van der Waals surface area contributed by atoms with E-state index in [4.69, 9.17) is 4.12 Å². The molecule has 4 aromatic carbocycles. The highest BCUT2D eigenvalue weighted by molar-refractivity contribution is 7.09. The molecule has 156 valence electrons. The summed E-state index contributed by atoms with van der Waals surface area (Å²) in [6, 6.07) is 39.9. The van der Waals surface area contributed by atoms with Crippen LogP contribution in [0, 0.1) is 0 Å². The fourth-order valence-electron chi connectivity index (χ4n) is 4.13. The topological polar surface area (TPSA) is 49.7 Å². The molecule has 0 aliphatic carbocycles. The van der Waals surface area contributed by atoms with Crippen LogP contribution in [0.25, 0.3) is 0 Å². The van der Waals surface area contributed by atoms with Crippen molar-refractivity contribution in [1.29, 1.82) is 0 Å². The Hall–Kier alpha value is -2.81. The van der Waals surface area contributed by atoms with Crippen LogP contribution >= 0.6 is 0 Å². The van der Waals surface area contributed by atoms with Gasteiger partial charge in [0.25, 0.3) is 16.6 Å². The van der Waals surface area contributed by atoms with Crippen LogP contribution in [0.15, 0.2) is 121 Å². The van der Waals surface area contributed by atoms with E-state index in [2.05, 4.69) is 0 Å². The van der Waals surface area contributed by atoms with Gasteiger partial charge in [0.1, 0.15) is 0 Å². The highest BCUT2D eigenvalue weighted by Gasteiger charge is 2.50. The van der Waals surface area contributed by atoms with Crippen molar-refractivity contribution in [2.24, 2.45) is 0 Å². The Kier molecular flexibility index (Phi) is 6.60. The quantitative estimate of drug-likeness (QED) is 0.408. The summed E-state index contributed by atoms with van der Waals surface area (Å²) >= 11 is 0. The smallest absolute Gasteiger partial charge is 0.271 e. The molecule has 0 saturated carbocycles. The first-order chi connectivity index (χ1) is 15.2. The van der Waals surface area contributed by atoms with Gasteiger partial charge in [-0.15, -0.1) is 0 Å². The third kappa shape index (κ3) is 4.06. The second-order valence-corrected chi connectivity index (χ2v) is 14.6. The summed E-state index contributed by atoms with van der Waals surface area (Å²) in [4.78, 5) is 0. The first-order valence-corrected chi connectivity index (χ1v) is 14.6. The molecule has 4 rings (SSSR count). The van der Waals surface area contributed by atoms with E-state index in [0.717, 1.165) is 20.7 Å². The second kappa shape index (κ2) is 9.55. The number of hydrogen-bond acceptors (Lipinski definition) is 3. The minimum atomic E-state index is -3.09. The van der Waals surface area contributed by atoms with Gasteiger partial charge in [-0.25, -0.2) is 0 Å². The maximum Gasteiger partial charge on any atom is 0.271 e. The molecule has 0 aliphatic rings. The van der Waals surface area contributed by atoms with Crippen LogP contribution < -0.4 is 20.7 Å². The summed E-state index contributed by atoms with van der Waals surface area (Å²) in [5, 5.41) is 25.8. The third-order valence-electron chi connectivity index (χ3n) is 5.75. The van der Waals surface area contributed by atoms with Crippen molar-refractivity contribution in [3.8, 4) is 0 Å². The molecule has 0 unspecified atom stereocenters. The standard InChI is InChI=1S/C26H26O3Si2/c27-21-30(23-13-5-1-6-14-23,24-15-7-2-8-16-24)29-31(22-28,25-17-9-3-10-18-25)26-19-11-4-12-20-26/h1-20,27-28H,21-22H2. The molecule has 4 aromatic rings. The van der Waals surface area contributed by atoms with Crippen molar-refractivity contribution in [1.82, 2.24) is 0 Å². The Bertz CT molecular complexity index is 907. The maximum atomic E-state index is 10.9. The van der Waals surface area contributed by atoms with Gasteiger partial charge in [0.05, 0.1) is 12.5 Å². The minimum absolute atomic E-state index is 0.116. The molecule has 0 aliphatic heterocycles. The zero-order valence-electron chi connectivity index (χ0n) is 17.3. The van der Waals surface area contributed by atoms with Gasteiger partial charge in [-0.05, 0) is 20.7 Å². The molecule has 31 heavy (non-hydrogen) atoms. The Labute approximate surface area is 185 Å². The normalized spacial score (nSPS) is 11.9. The zero-order chi connectivity index (χ0) is 21.6.